The van der Waals surface area contributed by atoms with E-state index in [0.29, 0.717) is 35.9 Å². The molecule has 0 radical (unpaired) electrons. The molecule has 1 atom stereocenters. The monoisotopic (exact) mass is 554 g/mol. The summed E-state index contributed by atoms with van der Waals surface area (Å²) in [6.07, 6.45) is 0.843. The molecule has 0 aliphatic carbocycles. The third-order valence-corrected chi connectivity index (χ3v) is 7.56. The Morgan fingerprint density at radius 3 is 2.59 bits per heavy atom. The Balaban J connectivity index is 1.92. The molecule has 0 unspecified atom stereocenters. The van der Waals surface area contributed by atoms with Gasteiger partial charge in [0.15, 0.2) is 5.60 Å². The number of fused-ring (bicyclic) bond motifs is 4. The van der Waals surface area contributed by atoms with Gasteiger partial charge in [-0.3, -0.25) is 14.4 Å². The second kappa shape index (κ2) is 11.5. The molecule has 1 aliphatic rings. The zero-order valence-corrected chi connectivity index (χ0v) is 23.8. The summed E-state index contributed by atoms with van der Waals surface area (Å²) in [7, 11) is 3.76. The molecule has 4 rings (SSSR count). The van der Waals surface area contributed by atoms with E-state index in [1.165, 1.54) is 0 Å². The first-order valence-corrected chi connectivity index (χ1v) is 13.6. The number of nitrogens with zero attached hydrogens (tertiary/aromatic N) is 3. The highest BCUT2D eigenvalue weighted by Crippen LogP contribution is 2.39. The van der Waals surface area contributed by atoms with Crippen molar-refractivity contribution in [2.24, 2.45) is 0 Å². The maximum atomic E-state index is 14.0. The molecule has 0 saturated heterocycles. The van der Waals surface area contributed by atoms with Crippen molar-refractivity contribution in [1.29, 1.82) is 0 Å². The van der Waals surface area contributed by atoms with Gasteiger partial charge in [0, 0.05) is 41.0 Å². The zero-order chi connectivity index (χ0) is 28.5. The number of likely N-dealkylation sites (N-methyl/N-ethyl adjacent to an activating group) is 1. The molecular formula is C29H35ClN4O5. The highest BCUT2D eigenvalue weighted by molar-refractivity contribution is 6.31. The average molecular weight is 555 g/mol. The van der Waals surface area contributed by atoms with E-state index in [2.05, 4.69) is 5.32 Å². The van der Waals surface area contributed by atoms with Gasteiger partial charge in [-0.15, -0.1) is 0 Å². The Hall–Kier alpha value is -3.27. The molecule has 10 heteroatoms. The van der Waals surface area contributed by atoms with E-state index in [-0.39, 0.29) is 37.1 Å². The highest BCUT2D eigenvalue weighted by Gasteiger charge is 2.41. The van der Waals surface area contributed by atoms with Crippen LogP contribution in [0.5, 0.6) is 0 Å². The third-order valence-electron chi connectivity index (χ3n) is 7.32. The lowest BCUT2D eigenvalue weighted by atomic mass is 9.86. The number of aryl methyl sites for hydroxylation is 1. The molecule has 2 N–H and O–H groups in total. The number of esters is 1. The summed E-state index contributed by atoms with van der Waals surface area (Å²) in [6, 6.07) is 7.16. The van der Waals surface area contributed by atoms with Crippen molar-refractivity contribution in [2.45, 2.75) is 58.8 Å². The van der Waals surface area contributed by atoms with Crippen LogP contribution in [0.25, 0.3) is 22.3 Å². The molecule has 1 amide bonds. The second-order valence-corrected chi connectivity index (χ2v) is 10.5. The van der Waals surface area contributed by atoms with Gasteiger partial charge in [0.2, 0.25) is 0 Å². The molecule has 3 aromatic rings. The van der Waals surface area contributed by atoms with Crippen LogP contribution in [-0.2, 0) is 39.5 Å². The maximum absolute atomic E-state index is 14.0. The van der Waals surface area contributed by atoms with Crippen LogP contribution in [0.15, 0.2) is 29.1 Å². The minimum absolute atomic E-state index is 0.00906. The van der Waals surface area contributed by atoms with Crippen molar-refractivity contribution in [3.8, 4) is 11.4 Å². The summed E-state index contributed by atoms with van der Waals surface area (Å²) in [5.41, 5.74) is 1.56. The molecule has 208 valence electrons. The van der Waals surface area contributed by atoms with Crippen LogP contribution in [0, 0.1) is 0 Å². The number of hydrogen-bond acceptors (Lipinski definition) is 7. The standard InChI is InChI=1S/C29H35ClN4O5/c1-6-18-19-13-17(30)9-10-23(19)32-26-20(18)15-34-24(26)14-22(21(27(34)36)16-39-25(35)7-2)29(38,8-3)28(37)31-11-12-33(4)5/h9-10,13-14,38H,6-8,11-12,15-16H2,1-5H3,(H,31,37)/t29-/m0/s1. The predicted octanol–water partition coefficient (Wildman–Crippen LogP) is 3.37. The van der Waals surface area contributed by atoms with Gasteiger partial charge in [-0.1, -0.05) is 32.4 Å². The molecule has 3 heterocycles. The van der Waals surface area contributed by atoms with Gasteiger partial charge in [-0.2, -0.15) is 0 Å². The number of halogens is 1. The lowest BCUT2D eigenvalue weighted by Crippen LogP contribution is -2.47. The molecule has 0 spiro atoms. The molecule has 39 heavy (non-hydrogen) atoms. The molecule has 2 aromatic heterocycles. The van der Waals surface area contributed by atoms with Crippen molar-refractivity contribution < 1.29 is 19.4 Å². The number of aliphatic hydroxyl groups is 1. The quantitative estimate of drug-likeness (QED) is 0.289. The van der Waals surface area contributed by atoms with Crippen molar-refractivity contribution in [3.63, 3.8) is 0 Å². The smallest absolute Gasteiger partial charge is 0.305 e. The lowest BCUT2D eigenvalue weighted by Gasteiger charge is -2.29. The first kappa shape index (κ1) is 28.7. The largest absolute Gasteiger partial charge is 0.461 e. The Bertz CT molecular complexity index is 1500. The number of ether oxygens (including phenoxy) is 1. The van der Waals surface area contributed by atoms with E-state index in [1.54, 1.807) is 30.5 Å². The average Bonchev–Trinajstić information content (AvgIpc) is 3.28. The lowest BCUT2D eigenvalue weighted by molar-refractivity contribution is -0.144. The molecule has 9 nitrogen and oxygen atoms in total. The number of amides is 1. The minimum Gasteiger partial charge on any atom is -0.461 e. The van der Waals surface area contributed by atoms with Gasteiger partial charge in [-0.25, -0.2) is 4.98 Å². The van der Waals surface area contributed by atoms with Crippen molar-refractivity contribution >= 4 is 34.4 Å². The van der Waals surface area contributed by atoms with E-state index in [9.17, 15) is 19.5 Å². The fourth-order valence-corrected chi connectivity index (χ4v) is 5.28. The number of pyridine rings is 2. The molecule has 1 aromatic carbocycles. The van der Waals surface area contributed by atoms with Crippen LogP contribution >= 0.6 is 11.6 Å². The first-order valence-electron chi connectivity index (χ1n) is 13.2. The van der Waals surface area contributed by atoms with Gasteiger partial charge in [0.05, 0.1) is 29.0 Å². The van der Waals surface area contributed by atoms with Crippen LogP contribution in [0.4, 0.5) is 0 Å². The van der Waals surface area contributed by atoms with Gasteiger partial charge in [0.1, 0.15) is 6.61 Å². The maximum Gasteiger partial charge on any atom is 0.305 e. The number of hydrogen-bond donors (Lipinski definition) is 2. The number of nitrogens with one attached hydrogen (secondary N) is 1. The summed E-state index contributed by atoms with van der Waals surface area (Å²) in [5.74, 6) is -1.10. The Morgan fingerprint density at radius 2 is 1.95 bits per heavy atom. The second-order valence-electron chi connectivity index (χ2n) is 10.0. The topological polar surface area (TPSA) is 114 Å². The van der Waals surface area contributed by atoms with Gasteiger partial charge >= 0.3 is 5.97 Å². The van der Waals surface area contributed by atoms with Crippen LogP contribution in [0.3, 0.4) is 0 Å². The van der Waals surface area contributed by atoms with Crippen LogP contribution < -0.4 is 10.9 Å². The van der Waals surface area contributed by atoms with Crippen LogP contribution in [0.1, 0.15) is 55.9 Å². The van der Waals surface area contributed by atoms with E-state index in [1.807, 2.05) is 38.1 Å². The normalized spacial score (nSPS) is 13.7. The Labute approximate surface area is 232 Å². The predicted molar refractivity (Wildman–Crippen MR) is 151 cm³/mol. The van der Waals surface area contributed by atoms with Crippen molar-refractivity contribution in [3.05, 3.63) is 61.9 Å². The van der Waals surface area contributed by atoms with Gasteiger partial charge < -0.3 is 24.6 Å². The molecule has 0 fully saturated rings. The number of aromatic nitrogens is 2. The summed E-state index contributed by atoms with van der Waals surface area (Å²) in [6.45, 7) is 6.19. The molecule has 1 aliphatic heterocycles. The van der Waals surface area contributed by atoms with Gasteiger partial charge in [-0.05, 0) is 56.8 Å². The summed E-state index contributed by atoms with van der Waals surface area (Å²) in [4.78, 5) is 46.1. The highest BCUT2D eigenvalue weighted by atomic mass is 35.5. The molecule has 0 saturated carbocycles. The summed E-state index contributed by atoms with van der Waals surface area (Å²) < 4.78 is 6.94. The first-order chi connectivity index (χ1) is 18.5. The SMILES string of the molecule is CCC(=O)OCc1c([C@@](O)(CC)C(=O)NCCN(C)C)cc2n(c1=O)Cc1c-2nc2ccc(Cl)cc2c1CC. The number of carbonyl (C=O) groups is 2. The van der Waals surface area contributed by atoms with E-state index in [0.717, 1.165) is 22.0 Å². The molecular weight excluding hydrogens is 520 g/mol. The number of rotatable bonds is 10. The van der Waals surface area contributed by atoms with E-state index < -0.39 is 23.0 Å². The van der Waals surface area contributed by atoms with Crippen molar-refractivity contribution in [1.82, 2.24) is 19.8 Å². The third kappa shape index (κ3) is 5.31. The number of carbonyl (C=O) groups excluding carboxylic acids is 2. The van der Waals surface area contributed by atoms with E-state index in [4.69, 9.17) is 21.3 Å². The Kier molecular flexibility index (Phi) is 8.44. The molecule has 0 bridgehead atoms. The minimum atomic E-state index is -2.02. The fourth-order valence-electron chi connectivity index (χ4n) is 5.10. The van der Waals surface area contributed by atoms with E-state index >= 15 is 0 Å². The summed E-state index contributed by atoms with van der Waals surface area (Å²) in [5, 5.41) is 16.1. The number of benzene rings is 1. The van der Waals surface area contributed by atoms with Crippen LogP contribution in [-0.4, -0.2) is 58.6 Å². The van der Waals surface area contributed by atoms with Crippen molar-refractivity contribution in [2.75, 3.05) is 27.2 Å². The summed E-state index contributed by atoms with van der Waals surface area (Å²) >= 11 is 6.28. The zero-order valence-electron chi connectivity index (χ0n) is 23.1. The Morgan fingerprint density at radius 1 is 1.21 bits per heavy atom. The fraction of sp³-hybridized carbons (Fsp3) is 0.448. The van der Waals surface area contributed by atoms with Gasteiger partial charge in [0.25, 0.3) is 11.5 Å². The van der Waals surface area contributed by atoms with Crippen LogP contribution in [0.2, 0.25) is 5.02 Å².